The molecule has 4 aliphatic heterocycles. The summed E-state index contributed by atoms with van der Waals surface area (Å²) in [4.78, 5) is 60.6. The summed E-state index contributed by atoms with van der Waals surface area (Å²) in [5.41, 5.74) is 1.22. The number of imidazole rings is 1. The molecule has 3 amide bonds. The van der Waals surface area contributed by atoms with Crippen LogP contribution in [0.15, 0.2) is 47.7 Å². The summed E-state index contributed by atoms with van der Waals surface area (Å²) in [5, 5.41) is 23.5. The van der Waals surface area contributed by atoms with Crippen molar-refractivity contribution in [2.24, 2.45) is 13.0 Å². The Hall–Kier alpha value is -6.01. The minimum absolute atomic E-state index is 0.0176. The number of amides is 3. The number of aromatic nitrogens is 7. The number of piperidine rings is 2. The Kier molecular flexibility index (Phi) is 11.3. The molecule has 8 heterocycles. The number of fused-ring (bicyclic) bond motifs is 4. The Labute approximate surface area is 365 Å². The van der Waals surface area contributed by atoms with Crippen molar-refractivity contribution in [2.75, 3.05) is 49.6 Å². The van der Waals surface area contributed by atoms with Gasteiger partial charge in [-0.1, -0.05) is 17.9 Å². The van der Waals surface area contributed by atoms with Crippen molar-refractivity contribution in [1.29, 1.82) is 0 Å². The fourth-order valence-corrected chi connectivity index (χ4v) is 10.2. The number of halogens is 2. The van der Waals surface area contributed by atoms with Crippen LogP contribution in [0.3, 0.4) is 0 Å². The minimum atomic E-state index is -2.87. The average Bonchev–Trinajstić information content (AvgIpc) is 4.14. The molecule has 64 heavy (non-hydrogen) atoms. The Bertz CT molecular complexity index is 2740. The van der Waals surface area contributed by atoms with Gasteiger partial charge in [0, 0.05) is 52.0 Å². The minimum Gasteiger partial charge on any atom is -0.383 e. The van der Waals surface area contributed by atoms with Crippen molar-refractivity contribution in [3.63, 3.8) is 0 Å². The molecule has 336 valence electrons. The van der Waals surface area contributed by atoms with Gasteiger partial charge in [-0.25, -0.2) is 23.1 Å². The molecule has 1 aromatic carbocycles. The zero-order valence-corrected chi connectivity index (χ0v) is 35.2. The van der Waals surface area contributed by atoms with Gasteiger partial charge in [0.25, 0.3) is 18.2 Å². The summed E-state index contributed by atoms with van der Waals surface area (Å²) >= 11 is 0. The third kappa shape index (κ3) is 7.94. The number of likely N-dealkylation sites (tertiary alicyclic amines) is 1. The van der Waals surface area contributed by atoms with E-state index in [0.717, 1.165) is 76.9 Å². The van der Waals surface area contributed by atoms with Crippen molar-refractivity contribution in [3.05, 3.63) is 70.2 Å². The first-order valence-corrected chi connectivity index (χ1v) is 22.0. The third-order valence-corrected chi connectivity index (χ3v) is 13.6. The average molecular weight is 882 g/mol. The number of hydrogen-bond acceptors (Lipinski definition) is 12. The largest absolute Gasteiger partial charge is 0.383 e. The smallest absolute Gasteiger partial charge is 0.329 e. The van der Waals surface area contributed by atoms with Crippen LogP contribution in [-0.2, 0) is 26.1 Å². The van der Waals surface area contributed by atoms with Crippen molar-refractivity contribution in [3.8, 4) is 11.8 Å². The first-order valence-electron chi connectivity index (χ1n) is 22.0. The molecule has 4 atom stereocenters. The highest BCUT2D eigenvalue weighted by molar-refractivity contribution is 6.08. The summed E-state index contributed by atoms with van der Waals surface area (Å²) < 4.78 is 46.3. The van der Waals surface area contributed by atoms with E-state index in [4.69, 9.17) is 14.5 Å². The van der Waals surface area contributed by atoms with Gasteiger partial charge in [0.05, 0.1) is 59.4 Å². The highest BCUT2D eigenvalue weighted by atomic mass is 19.3. The number of carbonyl (C=O) groups excluding carboxylic acids is 3. The van der Waals surface area contributed by atoms with Crippen LogP contribution in [0.4, 0.5) is 20.3 Å². The molecule has 4 aromatic heterocycles. The van der Waals surface area contributed by atoms with Crippen LogP contribution in [0.2, 0.25) is 0 Å². The second-order valence-corrected chi connectivity index (χ2v) is 17.6. The van der Waals surface area contributed by atoms with Gasteiger partial charge in [0.15, 0.2) is 11.3 Å². The number of anilines is 2. The lowest BCUT2D eigenvalue weighted by Crippen LogP contribution is -2.51. The number of carbonyl (C=O) groups is 3. The van der Waals surface area contributed by atoms with E-state index in [9.17, 15) is 33.1 Å². The van der Waals surface area contributed by atoms with Crippen LogP contribution in [0, 0.1) is 17.8 Å². The van der Waals surface area contributed by atoms with E-state index < -0.39 is 47.7 Å². The Morgan fingerprint density at radius 3 is 2.62 bits per heavy atom. The summed E-state index contributed by atoms with van der Waals surface area (Å²) in [5.74, 6) is 5.41. The second kappa shape index (κ2) is 17.2. The number of para-hydroxylation sites is 1. The van der Waals surface area contributed by atoms with E-state index in [-0.39, 0.29) is 48.6 Å². The zero-order valence-electron chi connectivity index (χ0n) is 35.2. The fourth-order valence-electron chi connectivity index (χ4n) is 10.2. The van der Waals surface area contributed by atoms with Gasteiger partial charge in [-0.05, 0) is 69.1 Å². The lowest BCUT2D eigenvalue weighted by Gasteiger charge is -2.36. The van der Waals surface area contributed by atoms with Crippen molar-refractivity contribution in [2.45, 2.75) is 94.2 Å². The number of aryl methyl sites for hydroxylation is 1. The number of nitrogens with one attached hydrogen (secondary N) is 2. The Morgan fingerprint density at radius 2 is 1.88 bits per heavy atom. The van der Waals surface area contributed by atoms with Crippen LogP contribution in [0.1, 0.15) is 91.5 Å². The molecule has 0 spiro atoms. The molecule has 1 saturated carbocycles. The molecule has 2 unspecified atom stereocenters. The molecule has 18 nitrogen and oxygen atoms in total. The zero-order chi connectivity index (χ0) is 44.2. The standard InChI is InChI=1S/C44H49F2N11O7/c1-52-38-26(4-2-6-33(38)57(44(52)62)34-19-35(58)43(61)50-42(34)60)5-3-17-63-29-11-14-53(15-12-29)21-25-7-9-27(10-8-25)56-23-32(37(51-56)39(45)46)48-41(59)31-20-47-55-16-13-36(49-40(31)55)54-22-30-18-28(54)24-64-30/h2,4,6,13,16,20,23,25,27-30,34-35,39,58H,7-12,14-15,17-19,21-22,24H2,1H3,(H,48,59)(H,50,60,61)/t25?,27?,28-,30-,34?,35?/m1/s1. The fraction of sp³-hybridized carbons (Fsp3) is 0.523. The van der Waals surface area contributed by atoms with Gasteiger partial charge in [-0.3, -0.25) is 33.5 Å². The van der Waals surface area contributed by atoms with E-state index in [1.807, 2.05) is 6.07 Å². The Balaban J connectivity index is 0.700. The molecule has 5 fully saturated rings. The number of alkyl halides is 2. The molecule has 2 bridgehead atoms. The van der Waals surface area contributed by atoms with E-state index in [0.29, 0.717) is 34.8 Å². The van der Waals surface area contributed by atoms with Gasteiger partial charge in [0.2, 0.25) is 5.91 Å². The van der Waals surface area contributed by atoms with Crippen molar-refractivity contribution < 1.29 is 37.7 Å². The SMILES string of the molecule is Cn1c(=O)n(C2CC(O)C(=O)NC2=O)c2cccc(C#CCOC3CCN(CC4CCC(n5cc(NC(=O)c6cnn7ccc(N8C[C@H]9C[C@@H]8CO9)nc67)c(C(F)F)n5)CC4)CC3)c21. The van der Waals surface area contributed by atoms with E-state index in [2.05, 4.69) is 42.5 Å². The maximum absolute atomic E-state index is 14.3. The first-order chi connectivity index (χ1) is 31.0. The van der Waals surface area contributed by atoms with Crippen LogP contribution in [0.5, 0.6) is 0 Å². The number of ether oxygens (including phenoxy) is 2. The predicted octanol–water partition coefficient (Wildman–Crippen LogP) is 2.96. The normalized spacial score (nSPS) is 25.4. The molecule has 1 aliphatic carbocycles. The second-order valence-electron chi connectivity index (χ2n) is 17.6. The number of imide groups is 1. The predicted molar refractivity (Wildman–Crippen MR) is 227 cm³/mol. The maximum Gasteiger partial charge on any atom is 0.329 e. The quantitative estimate of drug-likeness (QED) is 0.137. The van der Waals surface area contributed by atoms with Gasteiger partial charge < -0.3 is 29.7 Å². The van der Waals surface area contributed by atoms with Crippen molar-refractivity contribution in [1.82, 2.24) is 43.7 Å². The lowest BCUT2D eigenvalue weighted by atomic mass is 9.85. The molecule has 10 rings (SSSR count). The van der Waals surface area contributed by atoms with Gasteiger partial charge in [-0.2, -0.15) is 10.2 Å². The third-order valence-electron chi connectivity index (χ3n) is 13.6. The van der Waals surface area contributed by atoms with Gasteiger partial charge in [-0.15, -0.1) is 0 Å². The van der Waals surface area contributed by atoms with E-state index >= 15 is 0 Å². The number of aliphatic hydroxyl groups is 1. The van der Waals surface area contributed by atoms with Crippen LogP contribution in [-0.4, -0.2) is 125 Å². The summed E-state index contributed by atoms with van der Waals surface area (Å²) in [6.45, 7) is 4.30. The van der Waals surface area contributed by atoms with Gasteiger partial charge in [0.1, 0.15) is 30.1 Å². The monoisotopic (exact) mass is 881 g/mol. The van der Waals surface area contributed by atoms with Crippen LogP contribution < -0.4 is 21.2 Å². The summed E-state index contributed by atoms with van der Waals surface area (Å²) in [7, 11) is 1.60. The summed E-state index contributed by atoms with van der Waals surface area (Å²) in [6.07, 6.45) is 6.55. The Morgan fingerprint density at radius 1 is 1.06 bits per heavy atom. The van der Waals surface area contributed by atoms with E-state index in [1.54, 1.807) is 36.1 Å². The molecular formula is C44H49F2N11O7. The molecule has 3 N–H and O–H groups in total. The van der Waals surface area contributed by atoms with E-state index in [1.165, 1.54) is 26.0 Å². The number of aliphatic hydroxyl groups excluding tert-OH is 1. The molecule has 5 aromatic rings. The molecule has 4 saturated heterocycles. The first kappa shape index (κ1) is 42.0. The molecule has 20 heteroatoms. The summed E-state index contributed by atoms with van der Waals surface area (Å²) in [6, 6.07) is 6.26. The highest BCUT2D eigenvalue weighted by Crippen LogP contribution is 2.36. The lowest BCUT2D eigenvalue weighted by molar-refractivity contribution is -0.143. The topological polar surface area (TPSA) is 195 Å². The molecule has 0 radical (unpaired) electrons. The molecular weight excluding hydrogens is 833 g/mol. The van der Waals surface area contributed by atoms with Crippen molar-refractivity contribution >= 4 is 45.9 Å². The van der Waals surface area contributed by atoms with Gasteiger partial charge >= 0.3 is 5.69 Å². The number of hydrogen-bond donors (Lipinski definition) is 3. The number of benzene rings is 1. The van der Waals surface area contributed by atoms with Crippen LogP contribution in [0.25, 0.3) is 16.7 Å². The number of rotatable bonds is 10. The maximum atomic E-state index is 14.3. The number of nitrogens with zero attached hydrogens (tertiary/aromatic N) is 9. The van der Waals surface area contributed by atoms with Crippen LogP contribution >= 0.6 is 0 Å². The highest BCUT2D eigenvalue weighted by Gasteiger charge is 2.40. The molecule has 5 aliphatic rings. The number of morpholine rings is 1.